The predicted molar refractivity (Wildman–Crippen MR) is 70.7 cm³/mol. The van der Waals surface area contributed by atoms with Crippen LogP contribution in [-0.2, 0) is 15.0 Å². The first-order valence-corrected chi connectivity index (χ1v) is 7.04. The highest BCUT2D eigenvalue weighted by Crippen LogP contribution is 2.13. The van der Waals surface area contributed by atoms with Crippen LogP contribution in [0.2, 0.25) is 0 Å². The van der Waals surface area contributed by atoms with Crippen LogP contribution < -0.4 is 9.46 Å². The molecule has 9 nitrogen and oxygen atoms in total. The minimum atomic E-state index is -3.91. The lowest BCUT2D eigenvalue weighted by Crippen LogP contribution is -2.34. The monoisotopic (exact) mass is 304 g/mol. The smallest absolute Gasteiger partial charge is 0.304 e. The molecule has 0 aliphatic rings. The van der Waals surface area contributed by atoms with E-state index in [1.54, 1.807) is 13.0 Å². The summed E-state index contributed by atoms with van der Waals surface area (Å²) in [5.41, 5.74) is 0.530. The van der Waals surface area contributed by atoms with E-state index in [9.17, 15) is 13.2 Å². The molecule has 10 heteroatoms. The first kappa shape index (κ1) is 16.1. The van der Waals surface area contributed by atoms with E-state index >= 15 is 0 Å². The Kier molecular flexibility index (Phi) is 5.22. The summed E-state index contributed by atoms with van der Waals surface area (Å²) in [4.78, 5) is 18.2. The number of carboxylic acids is 1. The van der Waals surface area contributed by atoms with Crippen molar-refractivity contribution in [2.45, 2.75) is 13.3 Å². The van der Waals surface area contributed by atoms with Crippen LogP contribution in [0.5, 0.6) is 5.88 Å². The van der Waals surface area contributed by atoms with Gasteiger partial charge in [0, 0.05) is 25.4 Å². The Labute approximate surface area is 116 Å². The Morgan fingerprint density at radius 2 is 2.15 bits per heavy atom. The minimum absolute atomic E-state index is 0.135. The van der Waals surface area contributed by atoms with Crippen LogP contribution in [-0.4, -0.2) is 54.5 Å². The number of aryl methyl sites for hydroxylation is 1. The number of methoxy groups -OCH3 is 1. The van der Waals surface area contributed by atoms with Crippen LogP contribution in [0.1, 0.15) is 12.1 Å². The molecule has 0 aromatic carbocycles. The molecule has 1 rings (SSSR count). The SMILES string of the molecule is COc1cc(C)nc(NS(=O)(=O)N(C)CCC(=O)O)n1. The summed E-state index contributed by atoms with van der Waals surface area (Å²) in [5.74, 6) is -0.993. The highest BCUT2D eigenvalue weighted by atomic mass is 32.2. The molecule has 0 unspecified atom stereocenters. The number of anilines is 1. The summed E-state index contributed by atoms with van der Waals surface area (Å²) in [6.45, 7) is 1.50. The first-order chi connectivity index (χ1) is 9.24. The molecule has 0 amide bonds. The number of hydrogen-bond acceptors (Lipinski definition) is 6. The lowest BCUT2D eigenvalue weighted by atomic mass is 10.4. The maximum Gasteiger partial charge on any atom is 0.304 e. The number of rotatable bonds is 7. The molecule has 112 valence electrons. The van der Waals surface area contributed by atoms with E-state index in [0.29, 0.717) is 5.69 Å². The third kappa shape index (κ3) is 4.63. The molecule has 1 heterocycles. The van der Waals surface area contributed by atoms with Gasteiger partial charge in [-0.05, 0) is 6.92 Å². The third-order valence-corrected chi connectivity index (χ3v) is 3.75. The zero-order chi connectivity index (χ0) is 15.3. The van der Waals surface area contributed by atoms with Crippen LogP contribution in [0.15, 0.2) is 6.07 Å². The standard InChI is InChI=1S/C10H16N4O5S/c1-7-6-8(19-3)12-10(11-7)13-20(17,18)14(2)5-4-9(15)16/h6H,4-5H2,1-3H3,(H,15,16)(H,11,12,13). The molecular formula is C10H16N4O5S. The van der Waals surface area contributed by atoms with E-state index in [1.165, 1.54) is 14.2 Å². The Bertz CT molecular complexity index is 589. The summed E-state index contributed by atoms with van der Waals surface area (Å²) in [6, 6.07) is 1.55. The fraction of sp³-hybridized carbons (Fsp3) is 0.500. The van der Waals surface area contributed by atoms with Gasteiger partial charge in [0.05, 0.1) is 13.5 Å². The van der Waals surface area contributed by atoms with Gasteiger partial charge < -0.3 is 9.84 Å². The normalized spacial score (nSPS) is 11.4. The molecule has 0 fully saturated rings. The molecule has 0 radical (unpaired) electrons. The van der Waals surface area contributed by atoms with Gasteiger partial charge in [-0.1, -0.05) is 0 Å². The average Bonchev–Trinajstić information content (AvgIpc) is 2.34. The Morgan fingerprint density at radius 1 is 1.50 bits per heavy atom. The molecule has 0 aliphatic carbocycles. The van der Waals surface area contributed by atoms with Crippen LogP contribution >= 0.6 is 0 Å². The van der Waals surface area contributed by atoms with Gasteiger partial charge in [0.25, 0.3) is 0 Å². The van der Waals surface area contributed by atoms with E-state index in [4.69, 9.17) is 9.84 Å². The zero-order valence-corrected chi connectivity index (χ0v) is 12.1. The largest absolute Gasteiger partial charge is 0.481 e. The topological polar surface area (TPSA) is 122 Å². The minimum Gasteiger partial charge on any atom is -0.481 e. The second-order valence-corrected chi connectivity index (χ2v) is 5.73. The summed E-state index contributed by atoms with van der Waals surface area (Å²) in [6.07, 6.45) is -0.296. The summed E-state index contributed by atoms with van der Waals surface area (Å²) in [5, 5.41) is 8.54. The fourth-order valence-corrected chi connectivity index (χ4v) is 2.07. The van der Waals surface area contributed by atoms with Crippen molar-refractivity contribution in [2.24, 2.45) is 0 Å². The number of carbonyl (C=O) groups is 1. The summed E-state index contributed by atoms with van der Waals surface area (Å²) < 4.78 is 31.8. The predicted octanol–water partition coefficient (Wildman–Crippen LogP) is -0.143. The number of ether oxygens (including phenoxy) is 1. The molecule has 0 aliphatic heterocycles. The van der Waals surface area contributed by atoms with E-state index in [-0.39, 0.29) is 24.8 Å². The lowest BCUT2D eigenvalue weighted by molar-refractivity contribution is -0.137. The van der Waals surface area contributed by atoms with Crippen LogP contribution in [0.4, 0.5) is 5.95 Å². The number of nitrogens with zero attached hydrogens (tertiary/aromatic N) is 3. The van der Waals surface area contributed by atoms with Gasteiger partial charge in [0.2, 0.25) is 11.8 Å². The van der Waals surface area contributed by atoms with Crippen molar-refractivity contribution in [3.05, 3.63) is 11.8 Å². The summed E-state index contributed by atoms with van der Waals surface area (Å²) in [7, 11) is -1.25. The molecule has 0 bridgehead atoms. The van der Waals surface area contributed by atoms with Crippen molar-refractivity contribution in [3.8, 4) is 5.88 Å². The number of aliphatic carboxylic acids is 1. The average molecular weight is 304 g/mol. The number of nitrogens with one attached hydrogen (secondary N) is 1. The first-order valence-electron chi connectivity index (χ1n) is 5.60. The number of carboxylic acid groups (broad SMARTS) is 1. The van der Waals surface area contributed by atoms with Crippen molar-refractivity contribution >= 4 is 22.1 Å². The highest BCUT2D eigenvalue weighted by molar-refractivity contribution is 7.90. The van der Waals surface area contributed by atoms with Gasteiger partial charge in [-0.2, -0.15) is 17.7 Å². The number of hydrogen-bond donors (Lipinski definition) is 2. The Hall–Kier alpha value is -1.94. The van der Waals surface area contributed by atoms with Gasteiger partial charge >= 0.3 is 16.2 Å². The van der Waals surface area contributed by atoms with E-state index < -0.39 is 16.2 Å². The molecule has 20 heavy (non-hydrogen) atoms. The maximum atomic E-state index is 11.9. The van der Waals surface area contributed by atoms with Crippen molar-refractivity contribution in [3.63, 3.8) is 0 Å². The molecule has 0 saturated heterocycles. The van der Waals surface area contributed by atoms with Crippen LogP contribution in [0.25, 0.3) is 0 Å². The second-order valence-electron chi connectivity index (χ2n) is 3.95. The second kappa shape index (κ2) is 6.48. The van der Waals surface area contributed by atoms with E-state index in [1.807, 2.05) is 0 Å². The van der Waals surface area contributed by atoms with Gasteiger partial charge in [-0.3, -0.25) is 4.79 Å². The van der Waals surface area contributed by atoms with Crippen molar-refractivity contribution < 1.29 is 23.1 Å². The molecule has 1 aromatic heterocycles. The molecule has 0 saturated carbocycles. The molecule has 1 aromatic rings. The van der Waals surface area contributed by atoms with E-state index in [2.05, 4.69) is 14.7 Å². The lowest BCUT2D eigenvalue weighted by Gasteiger charge is -2.16. The van der Waals surface area contributed by atoms with Crippen molar-refractivity contribution in [2.75, 3.05) is 25.4 Å². The number of aromatic nitrogens is 2. The van der Waals surface area contributed by atoms with Crippen molar-refractivity contribution in [1.29, 1.82) is 0 Å². The highest BCUT2D eigenvalue weighted by Gasteiger charge is 2.20. The molecular weight excluding hydrogens is 288 g/mol. The summed E-state index contributed by atoms with van der Waals surface area (Å²) >= 11 is 0. The Morgan fingerprint density at radius 3 is 2.70 bits per heavy atom. The van der Waals surface area contributed by atoms with Crippen LogP contribution in [0.3, 0.4) is 0 Å². The molecule has 0 atom stereocenters. The third-order valence-electron chi connectivity index (χ3n) is 2.31. The zero-order valence-electron chi connectivity index (χ0n) is 11.3. The molecule has 0 spiro atoms. The molecule has 2 N–H and O–H groups in total. The quantitative estimate of drug-likeness (QED) is 0.718. The van der Waals surface area contributed by atoms with E-state index in [0.717, 1.165) is 4.31 Å². The van der Waals surface area contributed by atoms with Crippen molar-refractivity contribution in [1.82, 2.24) is 14.3 Å². The fourth-order valence-electron chi connectivity index (χ4n) is 1.26. The maximum absolute atomic E-state index is 11.9. The Balaban J connectivity index is 2.85. The van der Waals surface area contributed by atoms with Gasteiger partial charge in [-0.25, -0.2) is 9.71 Å². The van der Waals surface area contributed by atoms with Gasteiger partial charge in [0.15, 0.2) is 0 Å². The van der Waals surface area contributed by atoms with Crippen LogP contribution in [0, 0.1) is 6.92 Å². The van der Waals surface area contributed by atoms with Gasteiger partial charge in [0.1, 0.15) is 0 Å². The van der Waals surface area contributed by atoms with Gasteiger partial charge in [-0.15, -0.1) is 0 Å².